The van der Waals surface area contributed by atoms with Gasteiger partial charge in [-0.1, -0.05) is 25.0 Å². The topological polar surface area (TPSA) is 69.6 Å². The highest BCUT2D eigenvalue weighted by Gasteiger charge is 2.45. The van der Waals surface area contributed by atoms with Crippen molar-refractivity contribution in [3.8, 4) is 0 Å². The first kappa shape index (κ1) is 17.9. The van der Waals surface area contributed by atoms with Crippen LogP contribution in [0.2, 0.25) is 0 Å². The van der Waals surface area contributed by atoms with Gasteiger partial charge in [0.05, 0.1) is 6.54 Å². The van der Waals surface area contributed by atoms with Gasteiger partial charge in [-0.25, -0.2) is 4.39 Å². The maximum absolute atomic E-state index is 12.9. The first-order chi connectivity index (χ1) is 12.0. The molecule has 3 rings (SSSR count). The van der Waals surface area contributed by atoms with Crippen LogP contribution in [0.1, 0.15) is 37.7 Å². The summed E-state index contributed by atoms with van der Waals surface area (Å²) in [6, 6.07) is 5.89. The van der Waals surface area contributed by atoms with E-state index in [0.717, 1.165) is 31.2 Å². The monoisotopic (exact) mass is 348 g/mol. The molecular formula is C19H25FN2O3. The Balaban J connectivity index is 1.51. The van der Waals surface area contributed by atoms with Gasteiger partial charge in [0.1, 0.15) is 11.9 Å². The van der Waals surface area contributed by atoms with Crippen molar-refractivity contribution in [1.29, 1.82) is 0 Å². The van der Waals surface area contributed by atoms with Crippen molar-refractivity contribution < 1.29 is 19.1 Å². The SMILES string of the molecule is O=C(CN1[C@@H]2CCCC[C@@H]2C[C@H]1C(=O)O)NCCc1ccc(F)cc1. The lowest BCUT2D eigenvalue weighted by molar-refractivity contribution is -0.143. The molecule has 1 aromatic rings. The fraction of sp³-hybridized carbons (Fsp3) is 0.579. The zero-order chi connectivity index (χ0) is 17.8. The Morgan fingerprint density at radius 1 is 1.20 bits per heavy atom. The lowest BCUT2D eigenvalue weighted by Gasteiger charge is -2.32. The number of halogens is 1. The molecular weight excluding hydrogens is 323 g/mol. The molecule has 0 spiro atoms. The Labute approximate surface area is 147 Å². The van der Waals surface area contributed by atoms with Crippen LogP contribution in [0.5, 0.6) is 0 Å². The van der Waals surface area contributed by atoms with E-state index in [4.69, 9.17) is 0 Å². The molecule has 2 aliphatic rings. The van der Waals surface area contributed by atoms with Crippen LogP contribution in [0.4, 0.5) is 4.39 Å². The standard InChI is InChI=1S/C19H25FN2O3/c20-15-7-5-13(6-8-15)9-10-21-18(23)12-22-16-4-2-1-3-14(16)11-17(22)19(24)25/h5-8,14,16-17H,1-4,9-12H2,(H,21,23)(H,24,25)/t14-,16-,17+/m1/s1. The molecule has 1 aliphatic carbocycles. The van der Waals surface area contributed by atoms with Gasteiger partial charge in [-0.2, -0.15) is 0 Å². The van der Waals surface area contributed by atoms with Crippen molar-refractivity contribution in [1.82, 2.24) is 10.2 Å². The number of carboxylic acids is 1. The van der Waals surface area contributed by atoms with Crippen LogP contribution in [0, 0.1) is 11.7 Å². The molecule has 2 N–H and O–H groups in total. The number of carbonyl (C=O) groups is 2. The Morgan fingerprint density at radius 2 is 1.92 bits per heavy atom. The number of carbonyl (C=O) groups excluding carboxylic acids is 1. The molecule has 0 bridgehead atoms. The molecule has 6 heteroatoms. The summed E-state index contributed by atoms with van der Waals surface area (Å²) in [4.78, 5) is 25.7. The number of likely N-dealkylation sites (tertiary alicyclic amines) is 1. The van der Waals surface area contributed by atoms with E-state index in [1.807, 2.05) is 4.90 Å². The molecule has 1 saturated carbocycles. The molecule has 5 nitrogen and oxygen atoms in total. The first-order valence-corrected chi connectivity index (χ1v) is 9.04. The molecule has 1 aromatic carbocycles. The Kier molecular flexibility index (Phi) is 5.68. The predicted molar refractivity (Wildman–Crippen MR) is 91.6 cm³/mol. The number of hydrogen-bond acceptors (Lipinski definition) is 3. The fourth-order valence-electron chi connectivity index (χ4n) is 4.24. The van der Waals surface area contributed by atoms with Gasteiger partial charge in [-0.15, -0.1) is 0 Å². The number of carboxylic acid groups (broad SMARTS) is 1. The van der Waals surface area contributed by atoms with Gasteiger partial charge in [0.15, 0.2) is 0 Å². The average Bonchev–Trinajstić information content (AvgIpc) is 2.96. The number of hydrogen-bond donors (Lipinski definition) is 2. The lowest BCUT2D eigenvalue weighted by atomic mass is 9.85. The molecule has 1 aliphatic heterocycles. The van der Waals surface area contributed by atoms with E-state index in [9.17, 15) is 19.1 Å². The summed E-state index contributed by atoms with van der Waals surface area (Å²) in [7, 11) is 0. The zero-order valence-electron chi connectivity index (χ0n) is 14.3. The number of rotatable bonds is 6. The second-order valence-electron chi connectivity index (χ2n) is 7.10. The Bertz CT molecular complexity index is 620. The van der Waals surface area contributed by atoms with Crippen LogP contribution in [0.3, 0.4) is 0 Å². The molecule has 25 heavy (non-hydrogen) atoms. The van der Waals surface area contributed by atoms with E-state index >= 15 is 0 Å². The average molecular weight is 348 g/mol. The summed E-state index contributed by atoms with van der Waals surface area (Å²) in [6.07, 6.45) is 5.60. The minimum absolute atomic E-state index is 0.139. The largest absolute Gasteiger partial charge is 0.480 e. The van der Waals surface area contributed by atoms with Gasteiger partial charge in [0.25, 0.3) is 0 Å². The third-order valence-corrected chi connectivity index (χ3v) is 5.48. The fourth-order valence-corrected chi connectivity index (χ4v) is 4.24. The van der Waals surface area contributed by atoms with Crippen LogP contribution in [-0.4, -0.2) is 47.1 Å². The second-order valence-corrected chi connectivity index (χ2v) is 7.10. The number of amides is 1. The van der Waals surface area contributed by atoms with Crippen LogP contribution in [-0.2, 0) is 16.0 Å². The summed E-state index contributed by atoms with van der Waals surface area (Å²) in [5, 5.41) is 12.3. The second kappa shape index (κ2) is 7.95. The van der Waals surface area contributed by atoms with Crippen LogP contribution in [0.25, 0.3) is 0 Å². The number of benzene rings is 1. The van der Waals surface area contributed by atoms with Crippen molar-refractivity contribution in [2.24, 2.45) is 5.92 Å². The maximum Gasteiger partial charge on any atom is 0.320 e. The smallest absolute Gasteiger partial charge is 0.320 e. The van der Waals surface area contributed by atoms with Crippen molar-refractivity contribution >= 4 is 11.9 Å². The summed E-state index contributed by atoms with van der Waals surface area (Å²) in [6.45, 7) is 0.603. The Hall–Kier alpha value is -1.95. The first-order valence-electron chi connectivity index (χ1n) is 9.04. The molecule has 3 atom stereocenters. The molecule has 0 radical (unpaired) electrons. The minimum atomic E-state index is -0.825. The van der Waals surface area contributed by atoms with Crippen molar-refractivity contribution in [2.75, 3.05) is 13.1 Å². The lowest BCUT2D eigenvalue weighted by Crippen LogP contribution is -2.47. The maximum atomic E-state index is 12.9. The summed E-state index contributed by atoms with van der Waals surface area (Å²) in [5.41, 5.74) is 0.957. The third kappa shape index (κ3) is 4.37. The molecule has 2 fully saturated rings. The number of nitrogens with one attached hydrogen (secondary N) is 1. The van der Waals surface area contributed by atoms with Gasteiger partial charge in [-0.3, -0.25) is 14.5 Å². The van der Waals surface area contributed by atoms with E-state index in [0.29, 0.717) is 25.3 Å². The van der Waals surface area contributed by atoms with Gasteiger partial charge >= 0.3 is 5.97 Å². The van der Waals surface area contributed by atoms with E-state index in [2.05, 4.69) is 5.32 Å². The number of aliphatic carboxylic acids is 1. The van der Waals surface area contributed by atoms with E-state index in [1.165, 1.54) is 12.1 Å². The van der Waals surface area contributed by atoms with Gasteiger partial charge in [0, 0.05) is 12.6 Å². The summed E-state index contributed by atoms with van der Waals surface area (Å²) in [5.74, 6) is -0.835. The normalized spacial score (nSPS) is 26.2. The number of nitrogens with zero attached hydrogens (tertiary/aromatic N) is 1. The summed E-state index contributed by atoms with van der Waals surface area (Å²) < 4.78 is 12.9. The third-order valence-electron chi connectivity index (χ3n) is 5.48. The number of fused-ring (bicyclic) bond motifs is 1. The molecule has 1 saturated heterocycles. The van der Waals surface area contributed by atoms with E-state index in [-0.39, 0.29) is 24.3 Å². The highest BCUT2D eigenvalue weighted by molar-refractivity contribution is 5.80. The van der Waals surface area contributed by atoms with Gasteiger partial charge < -0.3 is 10.4 Å². The van der Waals surface area contributed by atoms with Crippen LogP contribution < -0.4 is 5.32 Å². The van der Waals surface area contributed by atoms with Gasteiger partial charge in [-0.05, 0) is 49.3 Å². The van der Waals surface area contributed by atoms with Crippen molar-refractivity contribution in [3.63, 3.8) is 0 Å². The molecule has 0 unspecified atom stereocenters. The minimum Gasteiger partial charge on any atom is -0.480 e. The highest BCUT2D eigenvalue weighted by Crippen LogP contribution is 2.39. The zero-order valence-corrected chi connectivity index (χ0v) is 14.3. The quantitative estimate of drug-likeness (QED) is 0.827. The summed E-state index contributed by atoms with van der Waals surface area (Å²) >= 11 is 0. The van der Waals surface area contributed by atoms with Crippen LogP contribution in [0.15, 0.2) is 24.3 Å². The van der Waals surface area contributed by atoms with Crippen LogP contribution >= 0.6 is 0 Å². The Morgan fingerprint density at radius 3 is 2.64 bits per heavy atom. The molecule has 136 valence electrons. The highest BCUT2D eigenvalue weighted by atomic mass is 19.1. The molecule has 0 aromatic heterocycles. The van der Waals surface area contributed by atoms with E-state index < -0.39 is 12.0 Å². The van der Waals surface area contributed by atoms with Gasteiger partial charge in [0.2, 0.25) is 5.91 Å². The predicted octanol–water partition coefficient (Wildman–Crippen LogP) is 2.20. The van der Waals surface area contributed by atoms with Crippen molar-refractivity contribution in [2.45, 2.75) is 50.6 Å². The molecule has 1 heterocycles. The van der Waals surface area contributed by atoms with E-state index in [1.54, 1.807) is 12.1 Å². The van der Waals surface area contributed by atoms with Crippen molar-refractivity contribution in [3.05, 3.63) is 35.6 Å². The molecule has 1 amide bonds.